The van der Waals surface area contributed by atoms with Gasteiger partial charge >= 0.3 is 49.4 Å². The highest BCUT2D eigenvalue weighted by atomic mass is 79.9. The molecule has 0 atom stereocenters. The Morgan fingerprint density at radius 1 is 0.351 bits per heavy atom. The molecule has 0 bridgehead atoms. The van der Waals surface area contributed by atoms with Crippen molar-refractivity contribution in [2.24, 2.45) is 0 Å². The summed E-state index contributed by atoms with van der Waals surface area (Å²) in [5.41, 5.74) is -29.5. The lowest BCUT2D eigenvalue weighted by Crippen LogP contribution is -2.75. The minimum Gasteiger partial charge on any atom is -0.287 e. The van der Waals surface area contributed by atoms with Crippen molar-refractivity contribution in [3.8, 4) is 0 Å². The van der Waals surface area contributed by atoms with Gasteiger partial charge < -0.3 is 0 Å². The molecule has 0 radical (unpaired) electrons. The molecule has 7 rings (SSSR count). The van der Waals surface area contributed by atoms with Crippen LogP contribution in [0.1, 0.15) is 54.9 Å². The highest BCUT2D eigenvalue weighted by Crippen LogP contribution is 2.41. The molecule has 0 fully saturated rings. The van der Waals surface area contributed by atoms with Gasteiger partial charge in [-0.1, -0.05) is 97.1 Å². The van der Waals surface area contributed by atoms with E-state index < -0.39 is 195 Å². The van der Waals surface area contributed by atoms with Crippen molar-refractivity contribution in [2.75, 3.05) is 0 Å². The molecule has 0 spiro atoms. The average Bonchev–Trinajstić information content (AvgIpc) is 3.30. The highest BCUT2D eigenvalue weighted by Gasteiger charge is 2.47. The number of benzene rings is 6. The maximum Gasteiger partial charge on any atom is 0.416 e. The molecular formula is C49H25BBrF24NO. The fraction of sp³-hybridized carbons (Fsp3) is 0.184. The molecule has 0 aliphatic heterocycles. The first kappa shape index (κ1) is 59.5. The van der Waals surface area contributed by atoms with E-state index >= 15 is 0 Å². The van der Waals surface area contributed by atoms with Crippen LogP contribution in [0.3, 0.4) is 0 Å². The minimum absolute atomic E-state index is 0.103. The van der Waals surface area contributed by atoms with E-state index in [9.17, 15) is 110 Å². The van der Waals surface area contributed by atoms with E-state index in [1.54, 1.807) is 0 Å². The van der Waals surface area contributed by atoms with Crippen LogP contribution in [0.5, 0.6) is 0 Å². The van der Waals surface area contributed by atoms with Gasteiger partial charge in [0.05, 0.1) is 44.5 Å². The molecule has 7 aromatic rings. The van der Waals surface area contributed by atoms with Gasteiger partial charge in [0.2, 0.25) is 16.9 Å². The number of aromatic nitrogens is 1. The van der Waals surface area contributed by atoms with Gasteiger partial charge in [-0.05, 0) is 35.7 Å². The third-order valence-corrected chi connectivity index (χ3v) is 12.4. The third-order valence-electron chi connectivity index (χ3n) is 11.7. The topological polar surface area (TPSA) is 20.9 Å². The van der Waals surface area contributed by atoms with Crippen LogP contribution in [0, 0.1) is 0 Å². The predicted molar refractivity (Wildman–Crippen MR) is 233 cm³/mol. The van der Waals surface area contributed by atoms with Crippen molar-refractivity contribution in [3.63, 3.8) is 0 Å². The summed E-state index contributed by atoms with van der Waals surface area (Å²) >= 11 is 3.53. The maximum atomic E-state index is 14.2. The van der Waals surface area contributed by atoms with Gasteiger partial charge in [0, 0.05) is 32.9 Å². The standard InChI is InChI=1S/C32H12BF24.C17H13BrNO/c34-25(35,36)13-1-14(26(37,38)39)6-21(5-13)33(22-7-15(27(40,41)42)2-16(8-22)28(43,44)45,23-9-17(29(46,47)48)3-18(10-23)30(49,50)51)24-11-19(31(52,53)54)4-20(12-24)32(55,56)57;18-17-10-14-8-4-5-9-15(14)11-19(17)12-16(20)13-6-2-1-3-7-13/h1-12H;1-11H,12H2/q-1;+1. The van der Waals surface area contributed by atoms with E-state index in [-0.39, 0.29) is 5.78 Å². The molecule has 0 aliphatic carbocycles. The van der Waals surface area contributed by atoms with Gasteiger partial charge in [0.25, 0.3) is 0 Å². The number of hydrogen-bond acceptors (Lipinski definition) is 1. The second-order valence-corrected chi connectivity index (χ2v) is 17.7. The molecule has 0 N–H and O–H groups in total. The SMILES string of the molecule is FC(F)(F)c1cc([B-](c2cc(C(F)(F)F)cc(C(F)(F)F)c2)(c2cc(C(F)(F)F)cc(C(F)(F)F)c2)c2cc(C(F)(F)F)cc(C(F)(F)F)c2)cc(C(F)(F)F)c1.O=C(C[n+]1cc2ccccc2cc1Br)c1ccccc1. The number of fused-ring (bicyclic) bond motifs is 1. The number of nitrogens with zero attached hydrogens (tertiary/aromatic N) is 1. The van der Waals surface area contributed by atoms with Crippen LogP contribution in [0.25, 0.3) is 10.8 Å². The van der Waals surface area contributed by atoms with E-state index in [0.717, 1.165) is 20.9 Å². The lowest BCUT2D eigenvalue weighted by atomic mass is 9.12. The Kier molecular flexibility index (Phi) is 15.9. The van der Waals surface area contributed by atoms with E-state index in [4.69, 9.17) is 0 Å². The number of hydrogen-bond donors (Lipinski definition) is 0. The second-order valence-electron chi connectivity index (χ2n) is 16.9. The Labute approximate surface area is 424 Å². The largest absolute Gasteiger partial charge is 0.416 e. The van der Waals surface area contributed by atoms with Crippen molar-refractivity contribution >= 4 is 60.5 Å². The third kappa shape index (κ3) is 13.5. The number of ketones is 1. The smallest absolute Gasteiger partial charge is 0.287 e. The summed E-state index contributed by atoms with van der Waals surface area (Å²) < 4.78 is 344. The Morgan fingerprint density at radius 2 is 0.597 bits per heavy atom. The highest BCUT2D eigenvalue weighted by molar-refractivity contribution is 9.10. The van der Waals surface area contributed by atoms with E-state index in [2.05, 4.69) is 22.0 Å². The van der Waals surface area contributed by atoms with Gasteiger partial charge in [-0.2, -0.15) is 132 Å². The summed E-state index contributed by atoms with van der Waals surface area (Å²) in [5.74, 6) is 0.103. The van der Waals surface area contributed by atoms with Gasteiger partial charge in [-0.25, -0.2) is 0 Å². The van der Waals surface area contributed by atoms with Gasteiger partial charge in [0.15, 0.2) is 6.20 Å². The van der Waals surface area contributed by atoms with Crippen LogP contribution in [-0.2, 0) is 56.0 Å². The molecular weight excluding hydrogens is 1170 g/mol. The van der Waals surface area contributed by atoms with Crippen molar-refractivity contribution in [3.05, 3.63) is 194 Å². The summed E-state index contributed by atoms with van der Waals surface area (Å²) in [5, 5.41) is 2.28. The molecule has 2 nitrogen and oxygen atoms in total. The number of pyridine rings is 1. The first-order valence-corrected chi connectivity index (χ1v) is 21.8. The molecule has 410 valence electrons. The Hall–Kier alpha value is -6.74. The Morgan fingerprint density at radius 3 is 0.857 bits per heavy atom. The van der Waals surface area contributed by atoms with Crippen LogP contribution < -0.4 is 26.4 Å². The summed E-state index contributed by atoms with van der Waals surface area (Å²) in [6.45, 7) is 0.329. The Balaban J connectivity index is 0.000000397. The summed E-state index contributed by atoms with van der Waals surface area (Å²) in [4.78, 5) is 12.3. The van der Waals surface area contributed by atoms with Crippen molar-refractivity contribution in [2.45, 2.75) is 56.0 Å². The molecule has 0 unspecified atom stereocenters. The van der Waals surface area contributed by atoms with Crippen LogP contribution in [0.2, 0.25) is 0 Å². The molecule has 0 saturated heterocycles. The first-order valence-electron chi connectivity index (χ1n) is 21.0. The maximum absolute atomic E-state index is 14.2. The number of carbonyl (C=O) groups excluding carboxylic acids is 1. The number of rotatable bonds is 7. The lowest BCUT2D eigenvalue weighted by Gasteiger charge is -2.46. The van der Waals surface area contributed by atoms with Crippen LogP contribution >= 0.6 is 15.9 Å². The summed E-state index contributed by atoms with van der Waals surface area (Å²) in [7, 11) is 0. The predicted octanol–water partition coefficient (Wildman–Crippen LogP) is 15.0. The normalized spacial score (nSPS) is 13.4. The van der Waals surface area contributed by atoms with Crippen LogP contribution in [0.4, 0.5) is 105 Å². The zero-order valence-corrected chi connectivity index (χ0v) is 39.0. The second kappa shape index (κ2) is 20.6. The monoisotopic (exact) mass is 1190 g/mol. The quantitative estimate of drug-likeness (QED) is 0.0512. The van der Waals surface area contributed by atoms with Crippen LogP contribution in [0.15, 0.2) is 144 Å². The van der Waals surface area contributed by atoms with Crippen molar-refractivity contribution in [1.82, 2.24) is 0 Å². The van der Waals surface area contributed by atoms with E-state index in [1.165, 1.54) is 0 Å². The molecule has 6 aromatic carbocycles. The fourth-order valence-corrected chi connectivity index (χ4v) is 8.74. The van der Waals surface area contributed by atoms with E-state index in [0.29, 0.717) is 6.54 Å². The molecule has 0 aliphatic rings. The summed E-state index contributed by atoms with van der Waals surface area (Å²) in [6.07, 6.45) is -52.8. The minimum atomic E-state index is -6.13. The number of carbonyl (C=O) groups is 1. The zero-order valence-electron chi connectivity index (χ0n) is 37.4. The fourth-order valence-electron chi connectivity index (χ4n) is 8.26. The molecule has 28 heteroatoms. The molecule has 0 amide bonds. The van der Waals surface area contributed by atoms with E-state index in [1.807, 2.05) is 65.4 Å². The number of halogens is 25. The molecule has 0 saturated carbocycles. The number of Topliss-reactive ketones (excluding diaryl/α,β-unsaturated/α-hetero) is 1. The average molecular weight is 1190 g/mol. The molecule has 77 heavy (non-hydrogen) atoms. The Bertz CT molecular complexity index is 2870. The van der Waals surface area contributed by atoms with Crippen LogP contribution in [-0.4, -0.2) is 11.9 Å². The van der Waals surface area contributed by atoms with Gasteiger partial charge in [-0.3, -0.25) is 4.79 Å². The van der Waals surface area contributed by atoms with Gasteiger partial charge in [-0.15, -0.1) is 0 Å². The molecule has 1 heterocycles. The first-order chi connectivity index (χ1) is 35.0. The van der Waals surface area contributed by atoms with Crippen molar-refractivity contribution in [1.29, 1.82) is 0 Å². The molecule has 1 aromatic heterocycles. The van der Waals surface area contributed by atoms with Gasteiger partial charge in [0.1, 0.15) is 6.15 Å². The lowest BCUT2D eigenvalue weighted by molar-refractivity contribution is -0.692. The summed E-state index contributed by atoms with van der Waals surface area (Å²) in [6, 6.07) is 10.7. The van der Waals surface area contributed by atoms with Crippen molar-refractivity contribution < 1.29 is 115 Å². The number of alkyl halides is 24. The zero-order chi connectivity index (χ0) is 57.9.